The molecule has 7 heteroatoms. The number of fused-ring (bicyclic) bond motifs is 3. The molecular formula is C24H26N2O5. The molecule has 0 saturated carbocycles. The summed E-state index contributed by atoms with van der Waals surface area (Å²) in [5.41, 5.74) is 4.92. The summed E-state index contributed by atoms with van der Waals surface area (Å²) in [6.07, 6.45) is 0.958. The maximum absolute atomic E-state index is 12.2. The summed E-state index contributed by atoms with van der Waals surface area (Å²) in [5.74, 6) is -1.52. The van der Waals surface area contributed by atoms with Crippen LogP contribution in [0.3, 0.4) is 0 Å². The number of nitrogens with one attached hydrogen (secondary N) is 1. The van der Waals surface area contributed by atoms with Crippen LogP contribution in [0.1, 0.15) is 30.9 Å². The van der Waals surface area contributed by atoms with Crippen LogP contribution in [0.15, 0.2) is 60.2 Å². The zero-order valence-corrected chi connectivity index (χ0v) is 17.8. The zero-order valence-electron chi connectivity index (χ0n) is 17.8. The van der Waals surface area contributed by atoms with Gasteiger partial charge in [-0.25, -0.2) is 9.59 Å². The third-order valence-electron chi connectivity index (χ3n) is 5.59. The SMILES string of the molecule is C/C(=C\CNC(=O)OCC1c2ccccc2-c2ccccc21)C(=O)N(C)[C@@H](C)C(=O)O. The quantitative estimate of drug-likeness (QED) is 0.667. The van der Waals surface area contributed by atoms with Crippen LogP contribution in [0, 0.1) is 0 Å². The van der Waals surface area contributed by atoms with E-state index in [-0.39, 0.29) is 19.1 Å². The lowest BCUT2D eigenvalue weighted by molar-refractivity contribution is -0.146. The lowest BCUT2D eigenvalue weighted by atomic mass is 9.98. The van der Waals surface area contributed by atoms with Crippen molar-refractivity contribution in [3.05, 3.63) is 71.3 Å². The van der Waals surface area contributed by atoms with Crippen molar-refractivity contribution >= 4 is 18.0 Å². The van der Waals surface area contributed by atoms with E-state index in [1.165, 1.54) is 20.0 Å². The number of carboxylic acid groups (broad SMARTS) is 1. The monoisotopic (exact) mass is 422 g/mol. The molecule has 2 aromatic carbocycles. The number of carboxylic acids is 1. The van der Waals surface area contributed by atoms with Crippen molar-refractivity contribution in [1.29, 1.82) is 0 Å². The van der Waals surface area contributed by atoms with Gasteiger partial charge in [0.15, 0.2) is 0 Å². The highest BCUT2D eigenvalue weighted by molar-refractivity contribution is 5.95. The summed E-state index contributed by atoms with van der Waals surface area (Å²) < 4.78 is 5.45. The van der Waals surface area contributed by atoms with Gasteiger partial charge in [0, 0.05) is 25.1 Å². The Morgan fingerprint density at radius 3 is 2.19 bits per heavy atom. The summed E-state index contributed by atoms with van der Waals surface area (Å²) >= 11 is 0. The standard InChI is InChI=1S/C24H26N2O5/c1-15(22(27)26(3)16(2)23(28)29)12-13-25-24(30)31-14-21-19-10-6-4-8-17(19)18-9-5-7-11-20(18)21/h4-12,16,21H,13-14H2,1-3H3,(H,25,30)(H,28,29)/b15-12+/t16-/m0/s1. The van der Waals surface area contributed by atoms with E-state index in [4.69, 9.17) is 9.84 Å². The average molecular weight is 422 g/mol. The van der Waals surface area contributed by atoms with E-state index >= 15 is 0 Å². The van der Waals surface area contributed by atoms with Crippen LogP contribution in [-0.4, -0.2) is 54.2 Å². The molecule has 0 saturated heterocycles. The third-order valence-corrected chi connectivity index (χ3v) is 5.59. The molecule has 162 valence electrons. The van der Waals surface area contributed by atoms with Gasteiger partial charge in [0.25, 0.3) is 0 Å². The van der Waals surface area contributed by atoms with E-state index in [9.17, 15) is 14.4 Å². The molecule has 2 aromatic rings. The van der Waals surface area contributed by atoms with Gasteiger partial charge >= 0.3 is 12.1 Å². The molecule has 3 rings (SSSR count). The van der Waals surface area contributed by atoms with Gasteiger partial charge in [-0.2, -0.15) is 0 Å². The second kappa shape index (κ2) is 9.47. The number of ether oxygens (including phenoxy) is 1. The smallest absolute Gasteiger partial charge is 0.407 e. The van der Waals surface area contributed by atoms with Crippen molar-refractivity contribution in [2.45, 2.75) is 25.8 Å². The summed E-state index contributed by atoms with van der Waals surface area (Å²) in [6.45, 7) is 3.32. The number of carbonyl (C=O) groups is 3. The first-order chi connectivity index (χ1) is 14.8. The van der Waals surface area contributed by atoms with Crippen LogP contribution in [0.2, 0.25) is 0 Å². The molecule has 1 aliphatic rings. The molecule has 0 heterocycles. The molecule has 1 atom stereocenters. The lowest BCUT2D eigenvalue weighted by Gasteiger charge is -2.21. The number of nitrogens with zero attached hydrogens (tertiary/aromatic N) is 1. The van der Waals surface area contributed by atoms with Crippen LogP contribution >= 0.6 is 0 Å². The average Bonchev–Trinajstić information content (AvgIpc) is 3.09. The van der Waals surface area contributed by atoms with Crippen LogP contribution in [0.5, 0.6) is 0 Å². The maximum Gasteiger partial charge on any atom is 0.407 e. The van der Waals surface area contributed by atoms with Crippen LogP contribution in [-0.2, 0) is 14.3 Å². The summed E-state index contributed by atoms with van der Waals surface area (Å²) in [5, 5.41) is 11.6. The van der Waals surface area contributed by atoms with Crippen LogP contribution in [0.25, 0.3) is 11.1 Å². The Bertz CT molecular complexity index is 985. The van der Waals surface area contributed by atoms with Crippen molar-refractivity contribution in [1.82, 2.24) is 10.2 Å². The Morgan fingerprint density at radius 1 is 1.10 bits per heavy atom. The van der Waals surface area contributed by atoms with Crippen molar-refractivity contribution in [2.24, 2.45) is 0 Å². The normalized spacial score (nSPS) is 13.7. The third kappa shape index (κ3) is 4.77. The molecule has 0 bridgehead atoms. The van der Waals surface area contributed by atoms with E-state index in [1.54, 1.807) is 6.92 Å². The molecule has 31 heavy (non-hydrogen) atoms. The molecule has 0 fully saturated rings. The number of hydrogen-bond acceptors (Lipinski definition) is 4. The number of likely N-dealkylation sites (N-methyl/N-ethyl adjacent to an activating group) is 1. The highest BCUT2D eigenvalue weighted by atomic mass is 16.5. The number of hydrogen-bond donors (Lipinski definition) is 2. The van der Waals surface area contributed by atoms with E-state index in [0.717, 1.165) is 27.2 Å². The minimum atomic E-state index is -1.08. The molecule has 0 aliphatic heterocycles. The van der Waals surface area contributed by atoms with E-state index in [0.29, 0.717) is 5.57 Å². The zero-order chi connectivity index (χ0) is 22.5. The molecule has 0 radical (unpaired) electrons. The molecule has 2 N–H and O–H groups in total. The Kier molecular flexibility index (Phi) is 6.74. The first-order valence-electron chi connectivity index (χ1n) is 10.1. The Balaban J connectivity index is 1.55. The van der Waals surface area contributed by atoms with Crippen molar-refractivity contribution in [2.75, 3.05) is 20.2 Å². The highest BCUT2D eigenvalue weighted by Gasteiger charge is 2.29. The number of aliphatic carboxylic acids is 1. The fraction of sp³-hybridized carbons (Fsp3) is 0.292. The first kappa shape index (κ1) is 22.1. The van der Waals surface area contributed by atoms with Gasteiger partial charge in [-0.1, -0.05) is 54.6 Å². The van der Waals surface area contributed by atoms with Crippen molar-refractivity contribution < 1.29 is 24.2 Å². The lowest BCUT2D eigenvalue weighted by Crippen LogP contribution is -2.40. The van der Waals surface area contributed by atoms with Crippen LogP contribution in [0.4, 0.5) is 4.79 Å². The fourth-order valence-corrected chi connectivity index (χ4v) is 3.64. The van der Waals surface area contributed by atoms with Gasteiger partial charge in [0.05, 0.1) is 0 Å². The number of benzene rings is 2. The van der Waals surface area contributed by atoms with Gasteiger partial charge in [0.1, 0.15) is 12.6 Å². The first-order valence-corrected chi connectivity index (χ1v) is 10.1. The van der Waals surface area contributed by atoms with Crippen LogP contribution < -0.4 is 5.32 Å². The van der Waals surface area contributed by atoms with Crippen molar-refractivity contribution in [3.8, 4) is 11.1 Å². The van der Waals surface area contributed by atoms with E-state index in [2.05, 4.69) is 17.4 Å². The van der Waals surface area contributed by atoms with Gasteiger partial charge < -0.3 is 20.1 Å². The minimum absolute atomic E-state index is 0.0249. The Morgan fingerprint density at radius 2 is 1.65 bits per heavy atom. The summed E-state index contributed by atoms with van der Waals surface area (Å²) in [6, 6.07) is 15.2. The van der Waals surface area contributed by atoms with Gasteiger partial charge in [-0.15, -0.1) is 0 Å². The molecule has 1 aliphatic carbocycles. The second-order valence-corrected chi connectivity index (χ2v) is 7.52. The van der Waals surface area contributed by atoms with Gasteiger partial charge in [0.2, 0.25) is 5.91 Å². The number of rotatable bonds is 7. The predicted molar refractivity (Wildman–Crippen MR) is 117 cm³/mol. The Labute approximate surface area is 181 Å². The summed E-state index contributed by atoms with van der Waals surface area (Å²) in [7, 11) is 1.43. The molecule has 0 spiro atoms. The number of alkyl carbamates (subject to hydrolysis) is 1. The Hall–Kier alpha value is -3.61. The largest absolute Gasteiger partial charge is 0.480 e. The number of carbonyl (C=O) groups excluding carboxylic acids is 2. The molecule has 2 amide bonds. The van der Waals surface area contributed by atoms with Gasteiger partial charge in [-0.3, -0.25) is 4.79 Å². The predicted octanol–water partition coefficient (Wildman–Crippen LogP) is 3.40. The summed E-state index contributed by atoms with van der Waals surface area (Å²) in [4.78, 5) is 36.6. The molecule has 0 unspecified atom stereocenters. The second-order valence-electron chi connectivity index (χ2n) is 7.52. The molecule has 0 aromatic heterocycles. The topological polar surface area (TPSA) is 95.9 Å². The number of amides is 2. The highest BCUT2D eigenvalue weighted by Crippen LogP contribution is 2.44. The fourth-order valence-electron chi connectivity index (χ4n) is 3.64. The van der Waals surface area contributed by atoms with Gasteiger partial charge in [-0.05, 0) is 36.1 Å². The maximum atomic E-state index is 12.2. The minimum Gasteiger partial charge on any atom is -0.480 e. The molecular weight excluding hydrogens is 396 g/mol. The van der Waals surface area contributed by atoms with Crippen molar-refractivity contribution in [3.63, 3.8) is 0 Å². The van der Waals surface area contributed by atoms with E-state index < -0.39 is 24.0 Å². The van der Waals surface area contributed by atoms with E-state index in [1.807, 2.05) is 36.4 Å². The molecule has 7 nitrogen and oxygen atoms in total.